The van der Waals surface area contributed by atoms with Crippen molar-refractivity contribution in [1.29, 1.82) is 0 Å². The van der Waals surface area contributed by atoms with Crippen LogP contribution in [0.15, 0.2) is 30.3 Å². The first-order valence-electron chi connectivity index (χ1n) is 9.99. The Morgan fingerprint density at radius 3 is 2.24 bits per heavy atom. The average Bonchev–Trinajstić information content (AvgIpc) is 3.06. The molecule has 2 aliphatic heterocycles. The molecule has 29 heavy (non-hydrogen) atoms. The van der Waals surface area contributed by atoms with Gasteiger partial charge in [-0.05, 0) is 0 Å². The molecular weight excluding hydrogens is 461 g/mol. The molecule has 0 aromatic heterocycles. The van der Waals surface area contributed by atoms with E-state index in [4.69, 9.17) is 18.6 Å². The van der Waals surface area contributed by atoms with Crippen LogP contribution in [-0.4, -0.2) is 64.9 Å². The number of rotatable bonds is 6. The SMILES string of the molecule is CC1(C)O[C@@H]2[C@H](O1)[C@@H](CO[Si](C)(C)C(C)(C)C)O[C@@H]2C(F)(F)[Se]c1ccccc1. The monoisotopic (exact) mass is 494 g/mol. The van der Waals surface area contributed by atoms with Crippen molar-refractivity contribution < 1.29 is 27.4 Å². The molecule has 4 atom stereocenters. The fourth-order valence-corrected chi connectivity index (χ4v) is 6.23. The number of hydrogen-bond acceptors (Lipinski definition) is 4. The molecule has 2 fully saturated rings. The minimum atomic E-state index is -3.02. The van der Waals surface area contributed by atoms with Gasteiger partial charge in [-0.1, -0.05) is 0 Å². The van der Waals surface area contributed by atoms with Crippen LogP contribution in [0.25, 0.3) is 0 Å². The van der Waals surface area contributed by atoms with Crippen LogP contribution in [-0.2, 0) is 18.6 Å². The van der Waals surface area contributed by atoms with E-state index in [1.54, 1.807) is 38.1 Å². The van der Waals surface area contributed by atoms with Crippen LogP contribution in [0.3, 0.4) is 0 Å². The predicted octanol–water partition coefficient (Wildman–Crippen LogP) is 3.92. The van der Waals surface area contributed by atoms with E-state index in [1.165, 1.54) is 0 Å². The first-order chi connectivity index (χ1) is 13.2. The van der Waals surface area contributed by atoms with Gasteiger partial charge in [-0.3, -0.25) is 0 Å². The zero-order valence-corrected chi connectivity index (χ0v) is 20.9. The third kappa shape index (κ3) is 5.12. The van der Waals surface area contributed by atoms with E-state index in [0.717, 1.165) is 0 Å². The summed E-state index contributed by atoms with van der Waals surface area (Å²) in [7, 11) is -2.04. The molecule has 0 unspecified atom stereocenters. The molecule has 2 aliphatic rings. The second-order valence-electron chi connectivity index (χ2n) is 9.71. The molecule has 2 heterocycles. The molecule has 164 valence electrons. The van der Waals surface area contributed by atoms with Gasteiger partial charge in [0.2, 0.25) is 0 Å². The Balaban J connectivity index is 1.77. The van der Waals surface area contributed by atoms with E-state index >= 15 is 8.78 Å². The van der Waals surface area contributed by atoms with E-state index in [2.05, 4.69) is 33.9 Å². The van der Waals surface area contributed by atoms with E-state index < -0.39 is 58.3 Å². The van der Waals surface area contributed by atoms with Crippen molar-refractivity contribution in [3.05, 3.63) is 30.3 Å². The number of halogens is 2. The summed E-state index contributed by atoms with van der Waals surface area (Å²) in [6.07, 6.45) is -3.28. The van der Waals surface area contributed by atoms with Crippen molar-refractivity contribution in [3.63, 3.8) is 0 Å². The summed E-state index contributed by atoms with van der Waals surface area (Å²) in [4.78, 5) is -3.02. The summed E-state index contributed by atoms with van der Waals surface area (Å²) >= 11 is -1.07. The third-order valence-corrected chi connectivity index (χ3v) is 12.5. The molecular formula is C21H32F2O4SeSi. The van der Waals surface area contributed by atoms with Gasteiger partial charge >= 0.3 is 180 Å². The summed E-state index contributed by atoms with van der Waals surface area (Å²) < 4.78 is 55.2. The zero-order chi connectivity index (χ0) is 21.7. The van der Waals surface area contributed by atoms with Gasteiger partial charge in [0, 0.05) is 0 Å². The van der Waals surface area contributed by atoms with Gasteiger partial charge in [0.15, 0.2) is 0 Å². The number of fused-ring (bicyclic) bond motifs is 1. The van der Waals surface area contributed by atoms with E-state index in [0.29, 0.717) is 4.46 Å². The summed E-state index contributed by atoms with van der Waals surface area (Å²) in [6, 6.07) is 8.84. The molecule has 0 radical (unpaired) electrons. The molecule has 3 rings (SSSR count). The molecule has 0 N–H and O–H groups in total. The van der Waals surface area contributed by atoms with Gasteiger partial charge in [-0.25, -0.2) is 0 Å². The Kier molecular flexibility index (Phi) is 6.41. The second kappa shape index (κ2) is 7.97. The van der Waals surface area contributed by atoms with E-state index in [-0.39, 0.29) is 11.6 Å². The normalized spacial score (nSPS) is 29.8. The average molecular weight is 494 g/mol. The van der Waals surface area contributed by atoms with E-state index in [1.807, 2.05) is 6.07 Å². The molecule has 2 saturated heterocycles. The minimum absolute atomic E-state index is 0.0249. The fraction of sp³-hybridized carbons (Fsp3) is 0.714. The Morgan fingerprint density at radius 1 is 1.07 bits per heavy atom. The topological polar surface area (TPSA) is 36.9 Å². The van der Waals surface area contributed by atoms with Crippen molar-refractivity contribution in [2.45, 2.75) is 87.8 Å². The van der Waals surface area contributed by atoms with Crippen molar-refractivity contribution in [3.8, 4) is 0 Å². The number of benzene rings is 1. The Labute approximate surface area is 179 Å². The number of alkyl halides is 2. The maximum atomic E-state index is 15.3. The van der Waals surface area contributed by atoms with Gasteiger partial charge in [0.1, 0.15) is 0 Å². The molecule has 1 aromatic carbocycles. The van der Waals surface area contributed by atoms with Crippen LogP contribution in [0.4, 0.5) is 8.78 Å². The van der Waals surface area contributed by atoms with Crippen LogP contribution in [0, 0.1) is 0 Å². The summed E-state index contributed by atoms with van der Waals surface area (Å²) in [5, 5.41) is 0.0249. The Hall–Kier alpha value is -0.344. The first kappa shape index (κ1) is 23.3. The molecule has 4 nitrogen and oxygen atoms in total. The molecule has 1 aromatic rings. The van der Waals surface area contributed by atoms with E-state index in [9.17, 15) is 0 Å². The molecule has 0 aliphatic carbocycles. The van der Waals surface area contributed by atoms with Gasteiger partial charge in [0.05, 0.1) is 0 Å². The molecule has 0 amide bonds. The van der Waals surface area contributed by atoms with Crippen molar-refractivity contribution >= 4 is 27.7 Å². The Bertz CT molecular complexity index is 708. The van der Waals surface area contributed by atoms with Crippen LogP contribution in [0.1, 0.15) is 34.6 Å². The number of hydrogen-bond donors (Lipinski definition) is 0. The first-order valence-corrected chi connectivity index (χ1v) is 14.6. The van der Waals surface area contributed by atoms with Crippen molar-refractivity contribution in [2.24, 2.45) is 0 Å². The summed E-state index contributed by atoms with van der Waals surface area (Å²) in [6.45, 7) is 14.5. The van der Waals surface area contributed by atoms with Crippen LogP contribution < -0.4 is 4.46 Å². The standard InChI is InChI=1S/C21H32F2O4SeSi/c1-19(2,3)29(6,7)24-13-15-16-17(27-20(4,5)26-16)18(25-15)21(22,23)28-14-11-9-8-10-12-14/h8-12,15-18H,13H2,1-7H3/t15-,16-,17-,18+/m1/s1. The molecule has 8 heteroatoms. The molecule has 0 spiro atoms. The van der Waals surface area contributed by atoms with Crippen LogP contribution in [0.2, 0.25) is 18.1 Å². The zero-order valence-electron chi connectivity index (χ0n) is 18.2. The van der Waals surface area contributed by atoms with Gasteiger partial charge in [-0.2, -0.15) is 0 Å². The Morgan fingerprint density at radius 2 is 1.66 bits per heavy atom. The third-order valence-electron chi connectivity index (χ3n) is 5.89. The number of ether oxygens (including phenoxy) is 3. The van der Waals surface area contributed by atoms with Gasteiger partial charge in [-0.15, -0.1) is 0 Å². The summed E-state index contributed by atoms with van der Waals surface area (Å²) in [5.41, 5.74) is 0. The van der Waals surface area contributed by atoms with Gasteiger partial charge < -0.3 is 0 Å². The van der Waals surface area contributed by atoms with Crippen molar-refractivity contribution in [2.75, 3.05) is 6.61 Å². The van der Waals surface area contributed by atoms with Crippen molar-refractivity contribution in [1.82, 2.24) is 0 Å². The summed E-state index contributed by atoms with van der Waals surface area (Å²) in [5.74, 6) is -0.914. The predicted molar refractivity (Wildman–Crippen MR) is 112 cm³/mol. The molecule has 0 bridgehead atoms. The fourth-order valence-electron chi connectivity index (χ4n) is 3.30. The second-order valence-corrected chi connectivity index (χ2v) is 17.1. The van der Waals surface area contributed by atoms with Gasteiger partial charge in [0.25, 0.3) is 0 Å². The quantitative estimate of drug-likeness (QED) is 0.563. The molecule has 0 saturated carbocycles. The van der Waals surface area contributed by atoms with Crippen LogP contribution in [0.5, 0.6) is 0 Å². The maximum absolute atomic E-state index is 15.3. The van der Waals surface area contributed by atoms with Crippen LogP contribution >= 0.6 is 0 Å².